The van der Waals surface area contributed by atoms with Gasteiger partial charge in [-0.2, -0.15) is 0 Å². The van der Waals surface area contributed by atoms with Crippen LogP contribution in [0.1, 0.15) is 31.2 Å². The van der Waals surface area contributed by atoms with E-state index in [-0.39, 0.29) is 0 Å². The Labute approximate surface area is 103 Å². The third kappa shape index (κ3) is 3.81. The molecular formula is C13H22N2S. The SMILES string of the molecule is CCCCSc1ccccc1C(CN)CN. The highest BCUT2D eigenvalue weighted by Gasteiger charge is 2.11. The smallest absolute Gasteiger partial charge is 0.0108 e. The van der Waals surface area contributed by atoms with Crippen LogP contribution in [0.25, 0.3) is 0 Å². The van der Waals surface area contributed by atoms with Gasteiger partial charge < -0.3 is 11.5 Å². The van der Waals surface area contributed by atoms with Crippen LogP contribution in [0.3, 0.4) is 0 Å². The quantitative estimate of drug-likeness (QED) is 0.567. The molecule has 4 N–H and O–H groups in total. The Morgan fingerprint density at radius 3 is 2.50 bits per heavy atom. The summed E-state index contributed by atoms with van der Waals surface area (Å²) >= 11 is 1.92. The fourth-order valence-electron chi connectivity index (χ4n) is 1.63. The fourth-order valence-corrected chi connectivity index (χ4v) is 2.85. The summed E-state index contributed by atoms with van der Waals surface area (Å²) in [5.41, 5.74) is 12.8. The molecule has 0 saturated heterocycles. The number of hydrogen-bond donors (Lipinski definition) is 2. The van der Waals surface area contributed by atoms with Crippen LogP contribution in [0.15, 0.2) is 29.2 Å². The van der Waals surface area contributed by atoms with Gasteiger partial charge in [-0.25, -0.2) is 0 Å². The summed E-state index contributed by atoms with van der Waals surface area (Å²) < 4.78 is 0. The molecule has 1 rings (SSSR count). The number of rotatable bonds is 7. The highest BCUT2D eigenvalue weighted by molar-refractivity contribution is 7.99. The summed E-state index contributed by atoms with van der Waals surface area (Å²) in [6.45, 7) is 3.47. The molecule has 90 valence electrons. The Bertz CT molecular complexity index is 298. The van der Waals surface area contributed by atoms with E-state index in [1.54, 1.807) is 0 Å². The number of hydrogen-bond acceptors (Lipinski definition) is 3. The molecule has 0 atom stereocenters. The first-order valence-electron chi connectivity index (χ1n) is 5.95. The van der Waals surface area contributed by atoms with E-state index in [0.29, 0.717) is 19.0 Å². The second-order valence-electron chi connectivity index (χ2n) is 3.91. The Balaban J connectivity index is 2.74. The van der Waals surface area contributed by atoms with Gasteiger partial charge in [0, 0.05) is 23.9 Å². The average molecular weight is 238 g/mol. The molecule has 0 aliphatic rings. The van der Waals surface area contributed by atoms with Gasteiger partial charge in [-0.05, 0) is 23.8 Å². The molecule has 0 saturated carbocycles. The van der Waals surface area contributed by atoms with Crippen LogP contribution >= 0.6 is 11.8 Å². The Hall–Kier alpha value is -0.510. The van der Waals surface area contributed by atoms with E-state index >= 15 is 0 Å². The van der Waals surface area contributed by atoms with Crippen molar-refractivity contribution < 1.29 is 0 Å². The molecule has 0 aliphatic carbocycles. The van der Waals surface area contributed by atoms with Crippen LogP contribution in [0.2, 0.25) is 0 Å². The lowest BCUT2D eigenvalue weighted by Gasteiger charge is -2.16. The third-order valence-corrected chi connectivity index (χ3v) is 3.86. The third-order valence-electron chi connectivity index (χ3n) is 2.68. The first kappa shape index (κ1) is 13.6. The molecule has 1 aromatic carbocycles. The minimum absolute atomic E-state index is 0.297. The molecular weight excluding hydrogens is 216 g/mol. The summed E-state index contributed by atoms with van der Waals surface area (Å²) in [5, 5.41) is 0. The first-order valence-corrected chi connectivity index (χ1v) is 6.93. The zero-order valence-corrected chi connectivity index (χ0v) is 10.8. The van der Waals surface area contributed by atoms with E-state index in [4.69, 9.17) is 11.5 Å². The van der Waals surface area contributed by atoms with Gasteiger partial charge in [-0.1, -0.05) is 31.5 Å². The van der Waals surface area contributed by atoms with E-state index in [9.17, 15) is 0 Å². The van der Waals surface area contributed by atoms with Crippen molar-refractivity contribution in [1.82, 2.24) is 0 Å². The average Bonchev–Trinajstić information content (AvgIpc) is 2.33. The molecule has 0 aliphatic heterocycles. The van der Waals surface area contributed by atoms with E-state index in [1.165, 1.54) is 29.1 Å². The van der Waals surface area contributed by atoms with Crippen LogP contribution in [-0.4, -0.2) is 18.8 Å². The molecule has 0 aromatic heterocycles. The minimum atomic E-state index is 0.297. The van der Waals surface area contributed by atoms with Crippen LogP contribution in [0.5, 0.6) is 0 Å². The number of unbranched alkanes of at least 4 members (excludes halogenated alkanes) is 1. The van der Waals surface area contributed by atoms with Crippen molar-refractivity contribution in [1.29, 1.82) is 0 Å². The van der Waals surface area contributed by atoms with E-state index in [2.05, 4.69) is 31.2 Å². The Morgan fingerprint density at radius 1 is 1.19 bits per heavy atom. The maximum Gasteiger partial charge on any atom is 0.0108 e. The second-order valence-corrected chi connectivity index (χ2v) is 5.04. The molecule has 0 fully saturated rings. The van der Waals surface area contributed by atoms with E-state index in [1.807, 2.05) is 11.8 Å². The van der Waals surface area contributed by atoms with Crippen molar-refractivity contribution in [2.75, 3.05) is 18.8 Å². The molecule has 0 amide bonds. The monoisotopic (exact) mass is 238 g/mol. The molecule has 0 spiro atoms. The van der Waals surface area contributed by atoms with Crippen LogP contribution in [-0.2, 0) is 0 Å². The summed E-state index contributed by atoms with van der Waals surface area (Å²) in [7, 11) is 0. The van der Waals surface area contributed by atoms with Gasteiger partial charge in [0.15, 0.2) is 0 Å². The number of benzene rings is 1. The van der Waals surface area contributed by atoms with Crippen molar-refractivity contribution in [3.63, 3.8) is 0 Å². The molecule has 3 heteroatoms. The van der Waals surface area contributed by atoms with Gasteiger partial charge >= 0.3 is 0 Å². The van der Waals surface area contributed by atoms with Gasteiger partial charge in [0.25, 0.3) is 0 Å². The highest BCUT2D eigenvalue weighted by Crippen LogP contribution is 2.28. The molecule has 0 heterocycles. The van der Waals surface area contributed by atoms with Gasteiger partial charge in [0.2, 0.25) is 0 Å². The zero-order valence-electron chi connectivity index (χ0n) is 9.99. The van der Waals surface area contributed by atoms with Crippen molar-refractivity contribution in [3.8, 4) is 0 Å². The van der Waals surface area contributed by atoms with Gasteiger partial charge in [-0.3, -0.25) is 0 Å². The largest absolute Gasteiger partial charge is 0.330 e. The maximum absolute atomic E-state index is 5.75. The summed E-state index contributed by atoms with van der Waals surface area (Å²) in [6.07, 6.45) is 2.50. The summed E-state index contributed by atoms with van der Waals surface area (Å²) in [4.78, 5) is 1.34. The normalized spacial score (nSPS) is 11.0. The first-order chi connectivity index (χ1) is 7.83. The second kappa shape index (κ2) is 7.71. The molecule has 1 aromatic rings. The zero-order chi connectivity index (χ0) is 11.8. The predicted molar refractivity (Wildman–Crippen MR) is 72.9 cm³/mol. The lowest BCUT2D eigenvalue weighted by Crippen LogP contribution is -2.21. The van der Waals surface area contributed by atoms with Crippen molar-refractivity contribution in [3.05, 3.63) is 29.8 Å². The molecule has 0 unspecified atom stereocenters. The summed E-state index contributed by atoms with van der Waals surface area (Å²) in [5.74, 6) is 1.47. The Kier molecular flexibility index (Phi) is 6.53. The van der Waals surface area contributed by atoms with Crippen molar-refractivity contribution >= 4 is 11.8 Å². The predicted octanol–water partition coefficient (Wildman–Crippen LogP) is 2.58. The highest BCUT2D eigenvalue weighted by atomic mass is 32.2. The molecule has 2 nitrogen and oxygen atoms in total. The van der Waals surface area contributed by atoms with Crippen LogP contribution in [0.4, 0.5) is 0 Å². The van der Waals surface area contributed by atoms with Crippen LogP contribution in [0, 0.1) is 0 Å². The molecule has 0 bridgehead atoms. The molecule has 16 heavy (non-hydrogen) atoms. The van der Waals surface area contributed by atoms with E-state index < -0.39 is 0 Å². The standard InChI is InChI=1S/C13H22N2S/c1-2-3-8-16-13-7-5-4-6-12(13)11(9-14)10-15/h4-7,11H,2-3,8-10,14-15H2,1H3. The minimum Gasteiger partial charge on any atom is -0.330 e. The lowest BCUT2D eigenvalue weighted by atomic mass is 10.00. The number of nitrogens with two attached hydrogens (primary N) is 2. The lowest BCUT2D eigenvalue weighted by molar-refractivity contribution is 0.696. The summed E-state index contributed by atoms with van der Waals surface area (Å²) in [6, 6.07) is 8.48. The van der Waals surface area contributed by atoms with Crippen molar-refractivity contribution in [2.45, 2.75) is 30.6 Å². The Morgan fingerprint density at radius 2 is 1.88 bits per heavy atom. The van der Waals surface area contributed by atoms with Crippen molar-refractivity contribution in [2.24, 2.45) is 11.5 Å². The van der Waals surface area contributed by atoms with Gasteiger partial charge in [0.05, 0.1) is 0 Å². The fraction of sp³-hybridized carbons (Fsp3) is 0.538. The van der Waals surface area contributed by atoms with E-state index in [0.717, 1.165) is 0 Å². The number of thioether (sulfide) groups is 1. The topological polar surface area (TPSA) is 52.0 Å². The van der Waals surface area contributed by atoms with Gasteiger partial charge in [0.1, 0.15) is 0 Å². The molecule has 0 radical (unpaired) electrons. The van der Waals surface area contributed by atoms with Crippen LogP contribution < -0.4 is 11.5 Å². The maximum atomic E-state index is 5.75. The van der Waals surface area contributed by atoms with Gasteiger partial charge in [-0.15, -0.1) is 11.8 Å².